The Bertz CT molecular complexity index is 161. The quantitative estimate of drug-likeness (QED) is 0.710. The first-order valence-corrected chi connectivity index (χ1v) is 7.23. The molecule has 0 saturated carbocycles. The molecule has 0 aromatic carbocycles. The number of likely N-dealkylation sites (tertiary alicyclic amines) is 1. The SMILES string of the molecule is CSCC[C@H](N)CN1CCC(CO)CC1. The van der Waals surface area contributed by atoms with Crippen molar-refractivity contribution in [1.82, 2.24) is 4.90 Å². The van der Waals surface area contributed by atoms with E-state index in [9.17, 15) is 0 Å². The Labute approximate surface area is 97.4 Å². The fourth-order valence-electron chi connectivity index (χ4n) is 2.04. The molecule has 1 heterocycles. The minimum absolute atomic E-state index is 0.322. The smallest absolute Gasteiger partial charge is 0.0460 e. The summed E-state index contributed by atoms with van der Waals surface area (Å²) >= 11 is 1.86. The summed E-state index contributed by atoms with van der Waals surface area (Å²) in [4.78, 5) is 2.44. The van der Waals surface area contributed by atoms with Crippen LogP contribution in [-0.2, 0) is 0 Å². The van der Waals surface area contributed by atoms with E-state index in [0.29, 0.717) is 18.6 Å². The monoisotopic (exact) mass is 232 g/mol. The second-order valence-electron chi connectivity index (χ2n) is 4.47. The van der Waals surface area contributed by atoms with Gasteiger partial charge in [0.15, 0.2) is 0 Å². The van der Waals surface area contributed by atoms with Crippen molar-refractivity contribution in [3.05, 3.63) is 0 Å². The average Bonchev–Trinajstić information content (AvgIpc) is 2.27. The third-order valence-corrected chi connectivity index (χ3v) is 3.79. The predicted molar refractivity (Wildman–Crippen MR) is 67.2 cm³/mol. The molecule has 1 fully saturated rings. The van der Waals surface area contributed by atoms with Crippen molar-refractivity contribution < 1.29 is 5.11 Å². The zero-order valence-electron chi connectivity index (χ0n) is 9.69. The first-order valence-electron chi connectivity index (χ1n) is 5.84. The summed E-state index contributed by atoms with van der Waals surface area (Å²) in [6.45, 7) is 3.60. The molecule has 0 aliphatic carbocycles. The molecule has 0 aromatic heterocycles. The van der Waals surface area contributed by atoms with Crippen LogP contribution in [0.15, 0.2) is 0 Å². The highest BCUT2D eigenvalue weighted by Crippen LogP contribution is 2.16. The fourth-order valence-corrected chi connectivity index (χ4v) is 2.58. The Morgan fingerprint density at radius 2 is 2.13 bits per heavy atom. The minimum atomic E-state index is 0.322. The van der Waals surface area contributed by atoms with E-state index >= 15 is 0 Å². The summed E-state index contributed by atoms with van der Waals surface area (Å²) in [6.07, 6.45) is 5.50. The molecule has 0 amide bonds. The van der Waals surface area contributed by atoms with Crippen LogP contribution in [-0.4, -0.2) is 54.3 Å². The van der Waals surface area contributed by atoms with E-state index in [4.69, 9.17) is 10.8 Å². The van der Waals surface area contributed by atoms with Crippen LogP contribution in [0.5, 0.6) is 0 Å². The lowest BCUT2D eigenvalue weighted by Crippen LogP contribution is -2.42. The van der Waals surface area contributed by atoms with Gasteiger partial charge in [-0.15, -0.1) is 0 Å². The van der Waals surface area contributed by atoms with E-state index in [0.717, 1.165) is 44.6 Å². The summed E-state index contributed by atoms with van der Waals surface area (Å²) in [5.41, 5.74) is 6.05. The Hall–Kier alpha value is 0.230. The highest BCUT2D eigenvalue weighted by molar-refractivity contribution is 7.98. The first kappa shape index (κ1) is 13.3. The van der Waals surface area contributed by atoms with Crippen LogP contribution in [0.3, 0.4) is 0 Å². The van der Waals surface area contributed by atoms with Crippen molar-refractivity contribution in [3.63, 3.8) is 0 Å². The molecule has 0 spiro atoms. The Kier molecular flexibility index (Phi) is 6.64. The Morgan fingerprint density at radius 1 is 1.47 bits per heavy atom. The van der Waals surface area contributed by atoms with Gasteiger partial charge < -0.3 is 15.7 Å². The van der Waals surface area contributed by atoms with Gasteiger partial charge in [-0.2, -0.15) is 11.8 Å². The van der Waals surface area contributed by atoms with Crippen LogP contribution in [0.2, 0.25) is 0 Å². The molecular formula is C11H24N2OS. The number of nitrogens with zero attached hydrogens (tertiary/aromatic N) is 1. The third kappa shape index (κ3) is 5.20. The van der Waals surface area contributed by atoms with Crippen LogP contribution in [0.1, 0.15) is 19.3 Å². The van der Waals surface area contributed by atoms with Gasteiger partial charge in [0.1, 0.15) is 0 Å². The topological polar surface area (TPSA) is 49.5 Å². The van der Waals surface area contributed by atoms with Gasteiger partial charge in [0.25, 0.3) is 0 Å². The maximum Gasteiger partial charge on any atom is 0.0460 e. The molecular weight excluding hydrogens is 208 g/mol. The van der Waals surface area contributed by atoms with E-state index in [2.05, 4.69) is 11.2 Å². The second kappa shape index (κ2) is 7.49. The zero-order valence-corrected chi connectivity index (χ0v) is 10.5. The number of hydrogen-bond acceptors (Lipinski definition) is 4. The normalized spacial score (nSPS) is 21.8. The van der Waals surface area contributed by atoms with E-state index in [1.807, 2.05) is 11.8 Å². The van der Waals surface area contributed by atoms with E-state index in [1.165, 1.54) is 0 Å². The highest BCUT2D eigenvalue weighted by Gasteiger charge is 2.19. The maximum atomic E-state index is 9.03. The molecule has 1 aliphatic heterocycles. The number of nitrogens with two attached hydrogens (primary N) is 1. The summed E-state index contributed by atoms with van der Waals surface area (Å²) < 4.78 is 0. The summed E-state index contributed by atoms with van der Waals surface area (Å²) in [7, 11) is 0. The van der Waals surface area contributed by atoms with Crippen LogP contribution >= 0.6 is 11.8 Å². The zero-order chi connectivity index (χ0) is 11.1. The predicted octanol–water partition coefficient (Wildman–Crippen LogP) is 0.771. The lowest BCUT2D eigenvalue weighted by Gasteiger charge is -2.32. The van der Waals surface area contributed by atoms with Gasteiger partial charge in [0.2, 0.25) is 0 Å². The molecule has 1 aliphatic rings. The number of thioether (sulfide) groups is 1. The molecule has 1 saturated heterocycles. The number of aliphatic hydroxyl groups excluding tert-OH is 1. The van der Waals surface area contributed by atoms with Crippen molar-refractivity contribution in [1.29, 1.82) is 0 Å². The molecule has 0 bridgehead atoms. The number of hydrogen-bond donors (Lipinski definition) is 2. The molecule has 0 radical (unpaired) electrons. The first-order chi connectivity index (χ1) is 7.26. The maximum absolute atomic E-state index is 9.03. The van der Waals surface area contributed by atoms with Crippen molar-refractivity contribution in [2.45, 2.75) is 25.3 Å². The second-order valence-corrected chi connectivity index (χ2v) is 5.45. The Balaban J connectivity index is 2.12. The lowest BCUT2D eigenvalue weighted by atomic mass is 9.97. The summed E-state index contributed by atoms with van der Waals surface area (Å²) in [6, 6.07) is 0.322. The van der Waals surface area contributed by atoms with Crippen LogP contribution in [0.25, 0.3) is 0 Å². The van der Waals surface area contributed by atoms with Crippen LogP contribution < -0.4 is 5.73 Å². The molecule has 1 rings (SSSR count). The number of rotatable bonds is 6. The average molecular weight is 232 g/mol. The molecule has 3 N–H and O–H groups in total. The van der Waals surface area contributed by atoms with Gasteiger partial charge in [0.05, 0.1) is 0 Å². The molecule has 1 atom stereocenters. The fraction of sp³-hybridized carbons (Fsp3) is 1.00. The van der Waals surface area contributed by atoms with Crippen molar-refractivity contribution in [3.8, 4) is 0 Å². The standard InChI is InChI=1S/C11H24N2OS/c1-15-7-4-11(12)8-13-5-2-10(9-14)3-6-13/h10-11,14H,2-9,12H2,1H3/t11-/m0/s1. The molecule has 15 heavy (non-hydrogen) atoms. The largest absolute Gasteiger partial charge is 0.396 e. The van der Waals surface area contributed by atoms with Gasteiger partial charge in [0, 0.05) is 19.2 Å². The van der Waals surface area contributed by atoms with E-state index in [1.54, 1.807) is 0 Å². The number of piperidine rings is 1. The van der Waals surface area contributed by atoms with Gasteiger partial charge in [-0.25, -0.2) is 0 Å². The molecule has 90 valence electrons. The lowest BCUT2D eigenvalue weighted by molar-refractivity contribution is 0.127. The molecule has 4 heteroatoms. The van der Waals surface area contributed by atoms with Crippen molar-refractivity contribution in [2.75, 3.05) is 38.2 Å². The van der Waals surface area contributed by atoms with Gasteiger partial charge >= 0.3 is 0 Å². The van der Waals surface area contributed by atoms with Gasteiger partial charge in [-0.3, -0.25) is 0 Å². The highest BCUT2D eigenvalue weighted by atomic mass is 32.2. The van der Waals surface area contributed by atoms with E-state index < -0.39 is 0 Å². The van der Waals surface area contributed by atoms with Crippen LogP contribution in [0.4, 0.5) is 0 Å². The number of aliphatic hydroxyl groups is 1. The summed E-state index contributed by atoms with van der Waals surface area (Å²) in [5, 5.41) is 9.03. The molecule has 3 nitrogen and oxygen atoms in total. The molecule has 0 unspecified atom stereocenters. The summed E-state index contributed by atoms with van der Waals surface area (Å²) in [5.74, 6) is 1.69. The molecule has 0 aromatic rings. The Morgan fingerprint density at radius 3 is 2.67 bits per heavy atom. The van der Waals surface area contributed by atoms with Crippen molar-refractivity contribution in [2.24, 2.45) is 11.7 Å². The van der Waals surface area contributed by atoms with Gasteiger partial charge in [-0.1, -0.05) is 0 Å². The van der Waals surface area contributed by atoms with Gasteiger partial charge in [-0.05, 0) is 50.3 Å². The van der Waals surface area contributed by atoms with Crippen LogP contribution in [0, 0.1) is 5.92 Å². The van der Waals surface area contributed by atoms with Crippen molar-refractivity contribution >= 4 is 11.8 Å². The third-order valence-electron chi connectivity index (χ3n) is 3.15. The van der Waals surface area contributed by atoms with E-state index in [-0.39, 0.29) is 0 Å². The minimum Gasteiger partial charge on any atom is -0.396 e.